The summed E-state index contributed by atoms with van der Waals surface area (Å²) in [6, 6.07) is 11.6. The molecule has 0 saturated carbocycles. The van der Waals surface area contributed by atoms with Crippen molar-refractivity contribution in [3.63, 3.8) is 0 Å². The van der Waals surface area contributed by atoms with Gasteiger partial charge in [-0.15, -0.1) is 23.1 Å². The molecule has 1 aromatic carbocycles. The van der Waals surface area contributed by atoms with Crippen molar-refractivity contribution in [2.45, 2.75) is 14.9 Å². The van der Waals surface area contributed by atoms with Gasteiger partial charge in [0.05, 0.1) is 0 Å². The zero-order chi connectivity index (χ0) is 12.3. The monoisotopic (exact) mass is 285 g/mol. The van der Waals surface area contributed by atoms with E-state index >= 15 is 0 Å². The molecule has 2 N–H and O–H groups in total. The smallest absolute Gasteiger partial charge is 0.224 e. The minimum atomic E-state index is -3.56. The van der Waals surface area contributed by atoms with Crippen LogP contribution in [-0.4, -0.2) is 8.42 Å². The summed E-state index contributed by atoms with van der Waals surface area (Å²) in [6.45, 7) is 0. The molecule has 1 heterocycles. The third-order valence-electron chi connectivity index (χ3n) is 2.08. The van der Waals surface area contributed by atoms with E-state index in [1.54, 1.807) is 17.8 Å². The first-order valence-electron chi connectivity index (χ1n) is 4.84. The van der Waals surface area contributed by atoms with E-state index in [1.807, 2.05) is 35.7 Å². The fourth-order valence-corrected chi connectivity index (χ4v) is 4.03. The highest BCUT2D eigenvalue weighted by molar-refractivity contribution is 7.98. The van der Waals surface area contributed by atoms with E-state index in [0.717, 1.165) is 22.0 Å². The summed E-state index contributed by atoms with van der Waals surface area (Å²) >= 11 is 2.76. The summed E-state index contributed by atoms with van der Waals surface area (Å²) in [4.78, 5) is 0.933. The lowest BCUT2D eigenvalue weighted by molar-refractivity contribution is 0.599. The van der Waals surface area contributed by atoms with Crippen molar-refractivity contribution in [3.8, 4) is 0 Å². The minimum absolute atomic E-state index is 0.216. The van der Waals surface area contributed by atoms with Crippen LogP contribution < -0.4 is 5.14 Å². The van der Waals surface area contributed by atoms with Crippen LogP contribution in [0.1, 0.15) is 5.56 Å². The van der Waals surface area contributed by atoms with E-state index < -0.39 is 10.0 Å². The van der Waals surface area contributed by atoms with Gasteiger partial charge < -0.3 is 0 Å². The van der Waals surface area contributed by atoms with Crippen molar-refractivity contribution in [2.75, 3.05) is 0 Å². The average Bonchev–Trinajstić information content (AvgIpc) is 2.76. The van der Waals surface area contributed by atoms with Gasteiger partial charge >= 0.3 is 0 Å². The SMILES string of the molecule is NS(=O)(=O)c1cc(SCc2ccccc2)cs1. The second kappa shape index (κ2) is 5.22. The van der Waals surface area contributed by atoms with Crippen LogP contribution in [-0.2, 0) is 15.8 Å². The number of benzene rings is 1. The predicted octanol–water partition coefficient (Wildman–Crippen LogP) is 2.69. The maximum atomic E-state index is 11.1. The Morgan fingerprint density at radius 2 is 1.94 bits per heavy atom. The van der Waals surface area contributed by atoms with Gasteiger partial charge in [-0.05, 0) is 11.6 Å². The molecule has 0 bridgehead atoms. The number of rotatable bonds is 4. The van der Waals surface area contributed by atoms with Crippen molar-refractivity contribution >= 4 is 33.1 Å². The molecule has 90 valence electrons. The summed E-state index contributed by atoms with van der Waals surface area (Å²) in [5.41, 5.74) is 1.21. The second-order valence-corrected chi connectivity index (χ2v) is 7.17. The van der Waals surface area contributed by atoms with E-state index in [-0.39, 0.29) is 4.21 Å². The quantitative estimate of drug-likeness (QED) is 0.879. The van der Waals surface area contributed by atoms with Crippen LogP contribution in [0.2, 0.25) is 0 Å². The summed E-state index contributed by atoms with van der Waals surface area (Å²) in [7, 11) is -3.56. The largest absolute Gasteiger partial charge is 0.247 e. The van der Waals surface area contributed by atoms with Crippen LogP contribution in [0, 0.1) is 0 Å². The van der Waals surface area contributed by atoms with Crippen molar-refractivity contribution in [3.05, 3.63) is 47.3 Å². The molecule has 17 heavy (non-hydrogen) atoms. The first-order chi connectivity index (χ1) is 8.05. The fourth-order valence-electron chi connectivity index (χ4n) is 1.27. The molecule has 0 radical (unpaired) electrons. The molecule has 0 aliphatic carbocycles. The van der Waals surface area contributed by atoms with Gasteiger partial charge in [-0.25, -0.2) is 13.6 Å². The van der Waals surface area contributed by atoms with Crippen molar-refractivity contribution in [1.29, 1.82) is 0 Å². The van der Waals surface area contributed by atoms with Gasteiger partial charge in [0.2, 0.25) is 10.0 Å². The van der Waals surface area contributed by atoms with Crippen LogP contribution in [0.4, 0.5) is 0 Å². The first kappa shape index (κ1) is 12.6. The number of thioether (sulfide) groups is 1. The lowest BCUT2D eigenvalue weighted by Crippen LogP contribution is -2.09. The van der Waals surface area contributed by atoms with Crippen LogP contribution in [0.25, 0.3) is 0 Å². The molecular weight excluding hydrogens is 274 g/mol. The number of primary sulfonamides is 1. The molecule has 3 nitrogen and oxygen atoms in total. The second-order valence-electron chi connectivity index (χ2n) is 3.42. The number of thiophene rings is 1. The fraction of sp³-hybridized carbons (Fsp3) is 0.0909. The molecular formula is C11H11NO2S3. The van der Waals surface area contributed by atoms with E-state index in [0.29, 0.717) is 0 Å². The van der Waals surface area contributed by atoms with Gasteiger partial charge in [0.25, 0.3) is 0 Å². The van der Waals surface area contributed by atoms with Crippen LogP contribution in [0.3, 0.4) is 0 Å². The van der Waals surface area contributed by atoms with Crippen molar-refractivity contribution in [2.24, 2.45) is 5.14 Å². The predicted molar refractivity (Wildman–Crippen MR) is 71.7 cm³/mol. The Hall–Kier alpha value is -0.820. The van der Waals surface area contributed by atoms with Gasteiger partial charge in [-0.3, -0.25) is 0 Å². The molecule has 6 heteroatoms. The molecule has 0 atom stereocenters. The highest BCUT2D eigenvalue weighted by Gasteiger charge is 2.11. The summed E-state index contributed by atoms with van der Waals surface area (Å²) < 4.78 is 22.4. The maximum Gasteiger partial charge on any atom is 0.247 e. The van der Waals surface area contributed by atoms with Gasteiger partial charge in [-0.1, -0.05) is 30.3 Å². The Bertz CT molecular complexity index is 590. The van der Waals surface area contributed by atoms with Gasteiger partial charge in [-0.2, -0.15) is 0 Å². The molecule has 0 saturated heterocycles. The summed E-state index contributed by atoms with van der Waals surface area (Å²) in [5, 5.41) is 6.86. The summed E-state index contributed by atoms with van der Waals surface area (Å²) in [6.07, 6.45) is 0. The molecule has 0 spiro atoms. The molecule has 2 aromatic rings. The van der Waals surface area contributed by atoms with Gasteiger partial charge in [0, 0.05) is 16.0 Å². The summed E-state index contributed by atoms with van der Waals surface area (Å²) in [5.74, 6) is 0.821. The Morgan fingerprint density at radius 1 is 1.24 bits per heavy atom. The van der Waals surface area contributed by atoms with Crippen molar-refractivity contribution in [1.82, 2.24) is 0 Å². The molecule has 0 aliphatic rings. The topological polar surface area (TPSA) is 60.2 Å². The Morgan fingerprint density at radius 3 is 2.53 bits per heavy atom. The van der Waals surface area contributed by atoms with E-state index in [9.17, 15) is 8.42 Å². The minimum Gasteiger partial charge on any atom is -0.224 e. The van der Waals surface area contributed by atoms with E-state index in [4.69, 9.17) is 5.14 Å². The maximum absolute atomic E-state index is 11.1. The van der Waals surface area contributed by atoms with Crippen LogP contribution >= 0.6 is 23.1 Å². The highest BCUT2D eigenvalue weighted by Crippen LogP contribution is 2.29. The Balaban J connectivity index is 2.04. The number of hydrogen-bond acceptors (Lipinski definition) is 4. The van der Waals surface area contributed by atoms with Crippen molar-refractivity contribution < 1.29 is 8.42 Å². The standard InChI is InChI=1S/C11H11NO2S3/c12-17(13,14)11-6-10(8-16-11)15-7-9-4-2-1-3-5-9/h1-6,8H,7H2,(H2,12,13,14). The van der Waals surface area contributed by atoms with Crippen LogP contribution in [0.15, 0.2) is 50.9 Å². The van der Waals surface area contributed by atoms with Crippen LogP contribution in [0.5, 0.6) is 0 Å². The molecule has 2 rings (SSSR count). The zero-order valence-electron chi connectivity index (χ0n) is 8.87. The third-order valence-corrected chi connectivity index (χ3v) is 5.66. The molecule has 0 amide bonds. The average molecular weight is 285 g/mol. The Kier molecular flexibility index (Phi) is 3.88. The molecule has 0 fully saturated rings. The van der Waals surface area contributed by atoms with E-state index in [2.05, 4.69) is 0 Å². The lowest BCUT2D eigenvalue weighted by atomic mass is 10.2. The number of sulfonamides is 1. The normalized spacial score (nSPS) is 11.6. The third kappa shape index (κ3) is 3.57. The number of nitrogens with two attached hydrogens (primary N) is 1. The lowest BCUT2D eigenvalue weighted by Gasteiger charge is -1.98. The molecule has 1 aromatic heterocycles. The molecule has 0 unspecified atom stereocenters. The highest BCUT2D eigenvalue weighted by atomic mass is 32.2. The van der Waals surface area contributed by atoms with Gasteiger partial charge in [0.1, 0.15) is 4.21 Å². The zero-order valence-corrected chi connectivity index (χ0v) is 11.3. The van der Waals surface area contributed by atoms with E-state index in [1.165, 1.54) is 5.56 Å². The number of hydrogen-bond donors (Lipinski definition) is 1. The molecule has 0 aliphatic heterocycles. The Labute approximate surface area is 109 Å². The first-order valence-corrected chi connectivity index (χ1v) is 8.25. The van der Waals surface area contributed by atoms with Gasteiger partial charge in [0.15, 0.2) is 0 Å².